The van der Waals surface area contributed by atoms with Crippen molar-refractivity contribution < 1.29 is 8.42 Å². The molecule has 0 amide bonds. The summed E-state index contributed by atoms with van der Waals surface area (Å²) < 4.78 is 23.2. The van der Waals surface area contributed by atoms with Crippen molar-refractivity contribution in [2.45, 2.75) is 11.9 Å². The molecule has 1 rings (SSSR count). The molecule has 0 saturated heterocycles. The average Bonchev–Trinajstić information content (AvgIpc) is 2.09. The van der Waals surface area contributed by atoms with Crippen molar-refractivity contribution in [1.29, 1.82) is 0 Å². The third-order valence-corrected chi connectivity index (χ3v) is 4.09. The van der Waals surface area contributed by atoms with Gasteiger partial charge in [0.25, 0.3) is 0 Å². The first-order valence-corrected chi connectivity index (χ1v) is 5.81. The molecular formula is C8H8BrNO2S. The summed E-state index contributed by atoms with van der Waals surface area (Å²) >= 11 is 3.17. The van der Waals surface area contributed by atoms with Gasteiger partial charge >= 0.3 is 0 Å². The van der Waals surface area contributed by atoms with E-state index < -0.39 is 9.84 Å². The van der Waals surface area contributed by atoms with Crippen molar-refractivity contribution in [3.8, 4) is 0 Å². The first-order valence-electron chi connectivity index (χ1n) is 3.47. The molecule has 3 nitrogen and oxygen atoms in total. The summed E-state index contributed by atoms with van der Waals surface area (Å²) in [7, 11) is -3.45. The summed E-state index contributed by atoms with van der Waals surface area (Å²) in [6.07, 6.45) is 1.45. The monoisotopic (exact) mass is 261 g/mol. The van der Waals surface area contributed by atoms with Gasteiger partial charge in [-0.2, -0.15) is 0 Å². The van der Waals surface area contributed by atoms with Crippen LogP contribution in [-0.2, 0) is 9.84 Å². The summed E-state index contributed by atoms with van der Waals surface area (Å²) in [6.45, 7) is 5.03. The Kier molecular flexibility index (Phi) is 2.87. The predicted octanol–water partition coefficient (Wildman–Crippen LogP) is 2.07. The molecule has 0 unspecified atom stereocenters. The van der Waals surface area contributed by atoms with Crippen molar-refractivity contribution in [2.75, 3.05) is 0 Å². The molecule has 1 aromatic rings. The molecule has 0 radical (unpaired) electrons. The molecule has 13 heavy (non-hydrogen) atoms. The zero-order valence-electron chi connectivity index (χ0n) is 6.99. The van der Waals surface area contributed by atoms with Gasteiger partial charge in [-0.15, -0.1) is 0 Å². The second kappa shape index (κ2) is 3.59. The van der Waals surface area contributed by atoms with Crippen LogP contribution >= 0.6 is 15.9 Å². The normalized spacial score (nSPS) is 11.2. The summed E-state index contributed by atoms with van der Waals surface area (Å²) in [5.41, 5.74) is 0.829. The lowest BCUT2D eigenvalue weighted by molar-refractivity contribution is 0.600. The van der Waals surface area contributed by atoms with E-state index in [-0.39, 0.29) is 5.03 Å². The number of aromatic nitrogens is 1. The van der Waals surface area contributed by atoms with Crippen LogP contribution in [0.15, 0.2) is 33.7 Å². The molecule has 0 N–H and O–H groups in total. The van der Waals surface area contributed by atoms with E-state index >= 15 is 0 Å². The Morgan fingerprint density at radius 3 is 2.77 bits per heavy atom. The van der Waals surface area contributed by atoms with E-state index in [0.29, 0.717) is 4.47 Å². The van der Waals surface area contributed by atoms with Crippen LogP contribution in [0.5, 0.6) is 0 Å². The van der Waals surface area contributed by atoms with Gasteiger partial charge < -0.3 is 0 Å². The van der Waals surface area contributed by atoms with Gasteiger partial charge in [0.2, 0.25) is 9.84 Å². The van der Waals surface area contributed by atoms with E-state index in [4.69, 9.17) is 0 Å². The Balaban J connectivity index is 3.49. The van der Waals surface area contributed by atoms with E-state index in [9.17, 15) is 8.42 Å². The van der Waals surface area contributed by atoms with Gasteiger partial charge in [-0.1, -0.05) is 6.58 Å². The van der Waals surface area contributed by atoms with Gasteiger partial charge in [-0.3, -0.25) is 0 Å². The maximum absolute atomic E-state index is 11.4. The van der Waals surface area contributed by atoms with Crippen molar-refractivity contribution in [3.63, 3.8) is 0 Å². The number of rotatable bonds is 2. The number of sulfone groups is 1. The minimum absolute atomic E-state index is 0.0162. The molecule has 0 bridgehead atoms. The highest BCUT2D eigenvalue weighted by Gasteiger charge is 2.16. The summed E-state index contributed by atoms with van der Waals surface area (Å²) in [5, 5.41) is 0.905. The highest BCUT2D eigenvalue weighted by molar-refractivity contribution is 9.10. The number of hydrogen-bond acceptors (Lipinski definition) is 3. The number of pyridine rings is 1. The zero-order chi connectivity index (χ0) is 10.1. The Labute approximate surface area is 85.5 Å². The number of aryl methyl sites for hydroxylation is 1. The molecule has 5 heteroatoms. The van der Waals surface area contributed by atoms with Crippen LogP contribution < -0.4 is 0 Å². The quantitative estimate of drug-likeness (QED) is 0.819. The first kappa shape index (κ1) is 10.4. The van der Waals surface area contributed by atoms with E-state index in [2.05, 4.69) is 27.5 Å². The first-order chi connectivity index (χ1) is 5.99. The minimum Gasteiger partial charge on any atom is -0.243 e. The van der Waals surface area contributed by atoms with Gasteiger partial charge in [0.05, 0.1) is 4.47 Å². The molecule has 0 aliphatic carbocycles. The van der Waals surface area contributed by atoms with Crippen LogP contribution in [0.25, 0.3) is 0 Å². The summed E-state index contributed by atoms with van der Waals surface area (Å²) in [6, 6.07) is 1.73. The lowest BCUT2D eigenvalue weighted by Crippen LogP contribution is -2.01. The van der Waals surface area contributed by atoms with Crippen LogP contribution in [0.1, 0.15) is 5.56 Å². The third-order valence-electron chi connectivity index (χ3n) is 1.54. The number of halogens is 1. The van der Waals surface area contributed by atoms with E-state index in [1.54, 1.807) is 13.0 Å². The van der Waals surface area contributed by atoms with Crippen molar-refractivity contribution >= 4 is 25.8 Å². The molecular weight excluding hydrogens is 254 g/mol. The van der Waals surface area contributed by atoms with Crippen LogP contribution in [0.3, 0.4) is 0 Å². The Morgan fingerprint density at radius 1 is 1.62 bits per heavy atom. The van der Waals surface area contributed by atoms with Crippen LogP contribution in [0, 0.1) is 6.92 Å². The maximum atomic E-state index is 11.4. The van der Waals surface area contributed by atoms with Crippen molar-refractivity contribution in [2.24, 2.45) is 0 Å². The maximum Gasteiger partial charge on any atom is 0.217 e. The van der Waals surface area contributed by atoms with Gasteiger partial charge in [0.1, 0.15) is 0 Å². The summed E-state index contributed by atoms with van der Waals surface area (Å²) in [4.78, 5) is 3.78. The standard InChI is InChI=1S/C8H8BrNO2S/c1-3-13(11,12)8-7(9)6(2)4-5-10-8/h3-5H,1H2,2H3. The molecule has 0 atom stereocenters. The van der Waals surface area contributed by atoms with Crippen molar-refractivity contribution in [3.05, 3.63) is 34.3 Å². The summed E-state index contributed by atoms with van der Waals surface area (Å²) in [5.74, 6) is 0. The lowest BCUT2D eigenvalue weighted by Gasteiger charge is -2.02. The number of hydrogen-bond donors (Lipinski definition) is 0. The van der Waals surface area contributed by atoms with Gasteiger partial charge in [0.15, 0.2) is 5.03 Å². The second-order valence-corrected chi connectivity index (χ2v) is 5.06. The lowest BCUT2D eigenvalue weighted by atomic mass is 10.3. The average molecular weight is 262 g/mol. The second-order valence-electron chi connectivity index (χ2n) is 2.46. The molecule has 0 aromatic carbocycles. The molecule has 0 spiro atoms. The highest BCUT2D eigenvalue weighted by Crippen LogP contribution is 2.23. The molecule has 0 saturated carbocycles. The molecule has 0 fully saturated rings. The van der Waals surface area contributed by atoms with Gasteiger partial charge in [-0.25, -0.2) is 13.4 Å². The highest BCUT2D eigenvalue weighted by atomic mass is 79.9. The van der Waals surface area contributed by atoms with Crippen LogP contribution in [0.4, 0.5) is 0 Å². The van der Waals surface area contributed by atoms with Gasteiger partial charge in [-0.05, 0) is 34.5 Å². The van der Waals surface area contributed by atoms with Crippen LogP contribution in [-0.4, -0.2) is 13.4 Å². The Morgan fingerprint density at radius 2 is 2.23 bits per heavy atom. The van der Waals surface area contributed by atoms with E-state index in [1.807, 2.05) is 0 Å². The topological polar surface area (TPSA) is 47.0 Å². The molecule has 0 aliphatic rings. The minimum atomic E-state index is -3.45. The predicted molar refractivity (Wildman–Crippen MR) is 54.1 cm³/mol. The SMILES string of the molecule is C=CS(=O)(=O)c1nccc(C)c1Br. The number of nitrogens with zero attached hydrogens (tertiary/aromatic N) is 1. The fraction of sp³-hybridized carbons (Fsp3) is 0.125. The van der Waals surface area contributed by atoms with Gasteiger partial charge in [0, 0.05) is 11.6 Å². The van der Waals surface area contributed by atoms with E-state index in [0.717, 1.165) is 11.0 Å². The fourth-order valence-electron chi connectivity index (χ4n) is 0.793. The molecule has 0 aliphatic heterocycles. The fourth-order valence-corrected chi connectivity index (χ4v) is 2.48. The Bertz CT molecular complexity index is 439. The van der Waals surface area contributed by atoms with Crippen molar-refractivity contribution in [1.82, 2.24) is 4.98 Å². The van der Waals surface area contributed by atoms with Crippen LogP contribution in [0.2, 0.25) is 0 Å². The smallest absolute Gasteiger partial charge is 0.217 e. The molecule has 1 aromatic heterocycles. The third kappa shape index (κ3) is 1.97. The molecule has 1 heterocycles. The largest absolute Gasteiger partial charge is 0.243 e. The zero-order valence-corrected chi connectivity index (χ0v) is 9.39. The molecule has 70 valence electrons. The van der Waals surface area contributed by atoms with E-state index in [1.165, 1.54) is 6.20 Å². The Hall–Kier alpha value is -0.680.